The van der Waals surface area contributed by atoms with Gasteiger partial charge in [-0.3, -0.25) is 0 Å². The Balaban J connectivity index is 2.09. The highest BCUT2D eigenvalue weighted by molar-refractivity contribution is 5.32. The zero-order valence-electron chi connectivity index (χ0n) is 11.7. The highest BCUT2D eigenvalue weighted by atomic mass is 16.3. The Hall–Kier alpha value is -1.76. The Morgan fingerprint density at radius 1 is 0.895 bits per heavy atom. The molecule has 1 N–H and O–H groups in total. The lowest BCUT2D eigenvalue weighted by atomic mass is 9.84. The van der Waals surface area contributed by atoms with Crippen LogP contribution < -0.4 is 0 Å². The number of aromatic hydroxyl groups is 1. The maximum Gasteiger partial charge on any atom is 0.118 e. The molecule has 0 radical (unpaired) electrons. The van der Waals surface area contributed by atoms with Crippen molar-refractivity contribution in [1.82, 2.24) is 0 Å². The van der Waals surface area contributed by atoms with Gasteiger partial charge in [0, 0.05) is 0 Å². The van der Waals surface area contributed by atoms with Crippen molar-refractivity contribution in [3.63, 3.8) is 0 Å². The van der Waals surface area contributed by atoms with E-state index in [1.807, 2.05) is 18.2 Å². The van der Waals surface area contributed by atoms with Crippen molar-refractivity contribution in [3.8, 4) is 5.75 Å². The van der Waals surface area contributed by atoms with Gasteiger partial charge in [-0.05, 0) is 41.9 Å². The largest absolute Gasteiger partial charge is 0.508 e. The molecule has 2 aromatic carbocycles. The molecule has 1 unspecified atom stereocenters. The van der Waals surface area contributed by atoms with Crippen molar-refractivity contribution >= 4 is 0 Å². The van der Waals surface area contributed by atoms with Gasteiger partial charge >= 0.3 is 0 Å². The summed E-state index contributed by atoms with van der Waals surface area (Å²) in [6.07, 6.45) is 1.99. The average molecular weight is 254 g/mol. The topological polar surface area (TPSA) is 20.2 Å². The molecule has 2 rings (SSSR count). The Labute approximate surface area is 115 Å². The number of phenolic OH excluding ortho intramolecular Hbond substituents is 1. The molecule has 0 saturated heterocycles. The fraction of sp³-hybridized carbons (Fsp3) is 0.333. The fourth-order valence-electron chi connectivity index (χ4n) is 2.62. The lowest BCUT2D eigenvalue weighted by molar-refractivity contribution is 0.447. The number of aryl methyl sites for hydroxylation is 1. The molecular weight excluding hydrogens is 232 g/mol. The summed E-state index contributed by atoms with van der Waals surface area (Å²) < 4.78 is 0. The number of hydrogen-bond donors (Lipinski definition) is 1. The lowest BCUT2D eigenvalue weighted by Crippen LogP contribution is -2.08. The van der Waals surface area contributed by atoms with E-state index < -0.39 is 0 Å². The van der Waals surface area contributed by atoms with Crippen molar-refractivity contribution in [2.24, 2.45) is 5.92 Å². The zero-order chi connectivity index (χ0) is 13.7. The predicted molar refractivity (Wildman–Crippen MR) is 80.4 cm³/mol. The van der Waals surface area contributed by atoms with Crippen LogP contribution in [-0.2, 0) is 6.42 Å². The van der Waals surface area contributed by atoms with Crippen LogP contribution >= 0.6 is 0 Å². The quantitative estimate of drug-likeness (QED) is 0.815. The molecule has 0 bridgehead atoms. The molecule has 0 spiro atoms. The standard InChI is InChI=1S/C18H22O/c1-14(2)17(15-8-4-3-5-9-15)13-12-16-10-6-7-11-18(16)19/h3-11,14,17,19H,12-13H2,1-2H3. The van der Waals surface area contributed by atoms with Crippen LogP contribution in [0.1, 0.15) is 37.3 Å². The van der Waals surface area contributed by atoms with Gasteiger partial charge in [0.05, 0.1) is 0 Å². The van der Waals surface area contributed by atoms with Crippen LogP contribution in [0.4, 0.5) is 0 Å². The van der Waals surface area contributed by atoms with E-state index in [0.717, 1.165) is 18.4 Å². The predicted octanol–water partition coefficient (Wildman–Crippen LogP) is 4.76. The third-order valence-corrected chi connectivity index (χ3v) is 3.75. The van der Waals surface area contributed by atoms with Crippen molar-refractivity contribution in [2.45, 2.75) is 32.6 Å². The molecule has 19 heavy (non-hydrogen) atoms. The van der Waals surface area contributed by atoms with Crippen LogP contribution in [0.3, 0.4) is 0 Å². The van der Waals surface area contributed by atoms with Crippen LogP contribution in [0.2, 0.25) is 0 Å². The van der Waals surface area contributed by atoms with E-state index in [-0.39, 0.29) is 0 Å². The highest BCUT2D eigenvalue weighted by Crippen LogP contribution is 2.30. The van der Waals surface area contributed by atoms with E-state index in [0.29, 0.717) is 17.6 Å². The minimum atomic E-state index is 0.415. The van der Waals surface area contributed by atoms with Crippen LogP contribution in [-0.4, -0.2) is 5.11 Å². The van der Waals surface area contributed by atoms with Gasteiger partial charge in [0.2, 0.25) is 0 Å². The van der Waals surface area contributed by atoms with E-state index in [2.05, 4.69) is 44.2 Å². The molecule has 0 fully saturated rings. The van der Waals surface area contributed by atoms with E-state index in [1.54, 1.807) is 6.07 Å². The molecule has 1 heteroatoms. The summed E-state index contributed by atoms with van der Waals surface area (Å²) in [5.74, 6) is 1.56. The molecule has 100 valence electrons. The first-order valence-electron chi connectivity index (χ1n) is 7.00. The zero-order valence-corrected chi connectivity index (χ0v) is 11.7. The van der Waals surface area contributed by atoms with Gasteiger partial charge in [-0.1, -0.05) is 62.4 Å². The summed E-state index contributed by atoms with van der Waals surface area (Å²) in [6.45, 7) is 4.53. The van der Waals surface area contributed by atoms with Gasteiger partial charge < -0.3 is 5.11 Å². The van der Waals surface area contributed by atoms with E-state index in [9.17, 15) is 5.11 Å². The number of benzene rings is 2. The smallest absolute Gasteiger partial charge is 0.118 e. The molecular formula is C18H22O. The summed E-state index contributed by atoms with van der Waals surface area (Å²) in [4.78, 5) is 0. The minimum absolute atomic E-state index is 0.415. The maximum absolute atomic E-state index is 9.83. The van der Waals surface area contributed by atoms with Crippen molar-refractivity contribution in [1.29, 1.82) is 0 Å². The second kappa shape index (κ2) is 6.42. The fourth-order valence-corrected chi connectivity index (χ4v) is 2.62. The monoisotopic (exact) mass is 254 g/mol. The Morgan fingerprint density at radius 3 is 2.16 bits per heavy atom. The molecule has 0 aliphatic heterocycles. The lowest BCUT2D eigenvalue weighted by Gasteiger charge is -2.21. The van der Waals surface area contributed by atoms with E-state index in [4.69, 9.17) is 0 Å². The van der Waals surface area contributed by atoms with Crippen molar-refractivity contribution in [3.05, 3.63) is 65.7 Å². The van der Waals surface area contributed by atoms with E-state index in [1.165, 1.54) is 5.56 Å². The number of hydrogen-bond acceptors (Lipinski definition) is 1. The molecule has 2 aromatic rings. The normalized spacial score (nSPS) is 12.6. The third-order valence-electron chi connectivity index (χ3n) is 3.75. The van der Waals surface area contributed by atoms with Gasteiger partial charge in [0.25, 0.3) is 0 Å². The Kier molecular flexibility index (Phi) is 4.62. The Morgan fingerprint density at radius 2 is 1.53 bits per heavy atom. The average Bonchev–Trinajstić information content (AvgIpc) is 2.42. The van der Waals surface area contributed by atoms with Gasteiger partial charge in [0.15, 0.2) is 0 Å². The molecule has 0 aliphatic rings. The molecule has 0 aromatic heterocycles. The first-order valence-corrected chi connectivity index (χ1v) is 7.00. The summed E-state index contributed by atoms with van der Waals surface area (Å²) >= 11 is 0. The minimum Gasteiger partial charge on any atom is -0.508 e. The molecule has 0 amide bonds. The van der Waals surface area contributed by atoms with Crippen LogP contribution in [0, 0.1) is 5.92 Å². The van der Waals surface area contributed by atoms with E-state index >= 15 is 0 Å². The summed E-state index contributed by atoms with van der Waals surface area (Å²) in [5.41, 5.74) is 2.44. The Bertz CT molecular complexity index is 502. The van der Waals surface area contributed by atoms with Gasteiger partial charge in [0.1, 0.15) is 5.75 Å². The first kappa shape index (κ1) is 13.7. The SMILES string of the molecule is CC(C)C(CCc1ccccc1O)c1ccccc1. The van der Waals surface area contributed by atoms with Gasteiger partial charge in [-0.15, -0.1) is 0 Å². The van der Waals surface area contributed by atoms with Gasteiger partial charge in [-0.25, -0.2) is 0 Å². The number of rotatable bonds is 5. The second-order valence-corrected chi connectivity index (χ2v) is 5.43. The van der Waals surface area contributed by atoms with Crippen LogP contribution in [0.25, 0.3) is 0 Å². The number of phenols is 1. The number of para-hydroxylation sites is 1. The summed E-state index contributed by atoms with van der Waals surface area (Å²) in [6, 6.07) is 18.3. The molecule has 1 nitrogen and oxygen atoms in total. The van der Waals surface area contributed by atoms with Crippen molar-refractivity contribution < 1.29 is 5.11 Å². The van der Waals surface area contributed by atoms with Crippen LogP contribution in [0.15, 0.2) is 54.6 Å². The highest BCUT2D eigenvalue weighted by Gasteiger charge is 2.16. The summed E-state index contributed by atoms with van der Waals surface area (Å²) in [5, 5.41) is 9.83. The molecule has 0 aliphatic carbocycles. The molecule has 1 atom stereocenters. The van der Waals surface area contributed by atoms with Crippen LogP contribution in [0.5, 0.6) is 5.75 Å². The second-order valence-electron chi connectivity index (χ2n) is 5.43. The van der Waals surface area contributed by atoms with Gasteiger partial charge in [-0.2, -0.15) is 0 Å². The third kappa shape index (κ3) is 3.60. The summed E-state index contributed by atoms with van der Waals surface area (Å²) in [7, 11) is 0. The maximum atomic E-state index is 9.83. The molecule has 0 saturated carbocycles. The van der Waals surface area contributed by atoms with Crippen molar-refractivity contribution in [2.75, 3.05) is 0 Å². The molecule has 0 heterocycles. The first-order chi connectivity index (χ1) is 9.18.